The number of urea groups is 1. The van der Waals surface area contributed by atoms with Crippen LogP contribution in [0.15, 0.2) is 30.3 Å². The van der Waals surface area contributed by atoms with E-state index in [1.165, 1.54) is 7.05 Å². The first-order chi connectivity index (χ1) is 8.54. The van der Waals surface area contributed by atoms with E-state index < -0.39 is 11.4 Å². The van der Waals surface area contributed by atoms with E-state index in [4.69, 9.17) is 5.41 Å². The van der Waals surface area contributed by atoms with Crippen molar-refractivity contribution < 1.29 is 9.59 Å². The molecule has 1 fully saturated rings. The van der Waals surface area contributed by atoms with Gasteiger partial charge in [-0.2, -0.15) is 0 Å². The van der Waals surface area contributed by atoms with Crippen LogP contribution in [0, 0.1) is 5.41 Å². The second-order valence-corrected chi connectivity index (χ2v) is 4.29. The third-order valence-corrected chi connectivity index (χ3v) is 3.43. The van der Waals surface area contributed by atoms with Crippen molar-refractivity contribution in [3.05, 3.63) is 35.9 Å². The van der Waals surface area contributed by atoms with Gasteiger partial charge in [-0.25, -0.2) is 4.79 Å². The number of carbonyl (C=O) groups excluding carboxylic acids is 2. The molecule has 5 nitrogen and oxygen atoms in total. The van der Waals surface area contributed by atoms with Crippen LogP contribution < -0.4 is 5.32 Å². The highest BCUT2D eigenvalue weighted by Crippen LogP contribution is 2.32. The van der Waals surface area contributed by atoms with Crippen molar-refractivity contribution in [1.82, 2.24) is 10.2 Å². The second-order valence-electron chi connectivity index (χ2n) is 4.29. The Balaban J connectivity index is 2.58. The summed E-state index contributed by atoms with van der Waals surface area (Å²) in [5.41, 5.74) is -0.349. The predicted molar refractivity (Wildman–Crippen MR) is 67.4 cm³/mol. The fraction of sp³-hybridized carbons (Fsp3) is 0.308. The van der Waals surface area contributed by atoms with Crippen LogP contribution in [0.5, 0.6) is 0 Å². The van der Waals surface area contributed by atoms with Crippen molar-refractivity contribution in [2.75, 3.05) is 7.05 Å². The van der Waals surface area contributed by atoms with Gasteiger partial charge in [-0.3, -0.25) is 20.4 Å². The van der Waals surface area contributed by atoms with E-state index >= 15 is 0 Å². The fourth-order valence-corrected chi connectivity index (χ4v) is 2.31. The number of carbonyl (C=O) groups is 2. The summed E-state index contributed by atoms with van der Waals surface area (Å²) in [6.07, 6.45) is 0.430. The number of amides is 3. The van der Waals surface area contributed by atoms with Gasteiger partial charge >= 0.3 is 6.03 Å². The van der Waals surface area contributed by atoms with Crippen molar-refractivity contribution in [2.24, 2.45) is 0 Å². The Labute approximate surface area is 105 Å². The lowest BCUT2D eigenvalue weighted by Gasteiger charge is -2.39. The molecule has 1 atom stereocenters. The maximum absolute atomic E-state index is 12.4. The molecular weight excluding hydrogens is 230 g/mol. The highest BCUT2D eigenvalue weighted by atomic mass is 16.2. The lowest BCUT2D eigenvalue weighted by atomic mass is 9.74. The van der Waals surface area contributed by atoms with Gasteiger partial charge in [0.15, 0.2) is 0 Å². The first-order valence-corrected chi connectivity index (χ1v) is 5.77. The molecule has 0 bridgehead atoms. The van der Waals surface area contributed by atoms with Crippen LogP contribution >= 0.6 is 0 Å². The third kappa shape index (κ3) is 1.51. The smallest absolute Gasteiger partial charge is 0.295 e. The normalized spacial score (nSPS) is 24.1. The number of hydrogen-bond acceptors (Lipinski definition) is 3. The molecule has 1 aliphatic rings. The van der Waals surface area contributed by atoms with Gasteiger partial charge < -0.3 is 0 Å². The average molecular weight is 245 g/mol. The summed E-state index contributed by atoms with van der Waals surface area (Å²) < 4.78 is 0. The fourth-order valence-electron chi connectivity index (χ4n) is 2.31. The Hall–Kier alpha value is -2.17. The lowest BCUT2D eigenvalue weighted by molar-refractivity contribution is -0.131. The van der Waals surface area contributed by atoms with E-state index in [1.807, 2.05) is 25.1 Å². The van der Waals surface area contributed by atoms with Gasteiger partial charge in [-0.1, -0.05) is 37.3 Å². The van der Waals surface area contributed by atoms with Gasteiger partial charge in [0.2, 0.25) is 5.91 Å². The Morgan fingerprint density at radius 2 is 1.89 bits per heavy atom. The van der Waals surface area contributed by atoms with Gasteiger partial charge in [0.05, 0.1) is 0 Å². The molecule has 1 aromatic carbocycles. The SMILES string of the molecule is CCC1(c2ccccc2)C(=N)NC(=O)N(C)C1=O. The van der Waals surface area contributed by atoms with E-state index in [0.29, 0.717) is 6.42 Å². The summed E-state index contributed by atoms with van der Waals surface area (Å²) in [7, 11) is 1.43. The maximum Gasteiger partial charge on any atom is 0.329 e. The molecule has 2 N–H and O–H groups in total. The topological polar surface area (TPSA) is 73.3 Å². The highest BCUT2D eigenvalue weighted by molar-refractivity contribution is 6.23. The number of likely N-dealkylation sites (N-methyl/N-ethyl adjacent to an activating group) is 1. The van der Waals surface area contributed by atoms with Crippen LogP contribution in [0.2, 0.25) is 0 Å². The van der Waals surface area contributed by atoms with Crippen LogP contribution in [-0.4, -0.2) is 29.7 Å². The van der Waals surface area contributed by atoms with Gasteiger partial charge in [-0.15, -0.1) is 0 Å². The zero-order valence-corrected chi connectivity index (χ0v) is 10.4. The molecule has 5 heteroatoms. The van der Waals surface area contributed by atoms with Crippen molar-refractivity contribution in [3.8, 4) is 0 Å². The number of nitrogens with one attached hydrogen (secondary N) is 2. The molecule has 0 radical (unpaired) electrons. The number of hydrogen-bond donors (Lipinski definition) is 2. The highest BCUT2D eigenvalue weighted by Gasteiger charge is 2.50. The number of benzene rings is 1. The van der Waals surface area contributed by atoms with Gasteiger partial charge in [-0.05, 0) is 12.0 Å². The zero-order valence-electron chi connectivity index (χ0n) is 10.4. The lowest BCUT2D eigenvalue weighted by Crippen LogP contribution is -2.64. The van der Waals surface area contributed by atoms with E-state index in [1.54, 1.807) is 12.1 Å². The molecule has 0 aliphatic carbocycles. The molecule has 0 saturated carbocycles. The van der Waals surface area contributed by atoms with Crippen molar-refractivity contribution in [1.29, 1.82) is 5.41 Å². The number of nitrogens with zero attached hydrogens (tertiary/aromatic N) is 1. The summed E-state index contributed by atoms with van der Waals surface area (Å²) in [5.74, 6) is -0.408. The zero-order chi connectivity index (χ0) is 13.3. The van der Waals surface area contributed by atoms with Crippen LogP contribution in [-0.2, 0) is 10.2 Å². The van der Waals surface area contributed by atoms with Crippen LogP contribution in [0.4, 0.5) is 4.79 Å². The maximum atomic E-state index is 12.4. The van der Waals surface area contributed by atoms with Crippen molar-refractivity contribution in [2.45, 2.75) is 18.8 Å². The molecule has 1 unspecified atom stereocenters. The van der Waals surface area contributed by atoms with Gasteiger partial charge in [0, 0.05) is 7.05 Å². The van der Waals surface area contributed by atoms with Gasteiger partial charge in [0.1, 0.15) is 11.3 Å². The summed E-state index contributed by atoms with van der Waals surface area (Å²) in [4.78, 5) is 25.0. The minimum atomic E-state index is -1.08. The Morgan fingerprint density at radius 1 is 1.28 bits per heavy atom. The molecule has 2 rings (SSSR count). The van der Waals surface area contributed by atoms with E-state index in [2.05, 4.69) is 5.32 Å². The first-order valence-electron chi connectivity index (χ1n) is 5.77. The van der Waals surface area contributed by atoms with Crippen LogP contribution in [0.3, 0.4) is 0 Å². The second kappa shape index (κ2) is 4.25. The summed E-state index contributed by atoms with van der Waals surface area (Å²) >= 11 is 0. The predicted octanol–water partition coefficient (Wildman–Crippen LogP) is 1.49. The minimum absolute atomic E-state index is 0.0516. The van der Waals surface area contributed by atoms with Crippen LogP contribution in [0.25, 0.3) is 0 Å². The minimum Gasteiger partial charge on any atom is -0.295 e. The van der Waals surface area contributed by atoms with E-state index in [-0.39, 0.29) is 11.7 Å². The molecule has 1 saturated heterocycles. The molecule has 1 heterocycles. The number of imide groups is 1. The Morgan fingerprint density at radius 3 is 2.44 bits per heavy atom. The molecule has 1 aromatic rings. The number of amidine groups is 1. The largest absolute Gasteiger partial charge is 0.329 e. The quantitative estimate of drug-likeness (QED) is 0.828. The van der Waals surface area contributed by atoms with Crippen molar-refractivity contribution >= 4 is 17.8 Å². The third-order valence-electron chi connectivity index (χ3n) is 3.43. The molecule has 1 aliphatic heterocycles. The first kappa shape index (κ1) is 12.3. The molecular formula is C13H15N3O2. The standard InChI is InChI=1S/C13H15N3O2/c1-3-13(9-7-5-4-6-8-9)10(14)15-12(18)16(2)11(13)17/h4-8H,3H2,1-2H3,(H2,14,15,18). The van der Waals surface area contributed by atoms with Gasteiger partial charge in [0.25, 0.3) is 0 Å². The summed E-state index contributed by atoms with van der Waals surface area (Å²) in [6.45, 7) is 1.84. The molecule has 0 spiro atoms. The molecule has 94 valence electrons. The van der Waals surface area contributed by atoms with E-state index in [9.17, 15) is 9.59 Å². The summed E-state index contributed by atoms with van der Waals surface area (Å²) in [5, 5.41) is 10.5. The van der Waals surface area contributed by atoms with Crippen LogP contribution in [0.1, 0.15) is 18.9 Å². The Bertz CT molecular complexity index is 512. The monoisotopic (exact) mass is 245 g/mol. The number of rotatable bonds is 2. The van der Waals surface area contributed by atoms with E-state index in [0.717, 1.165) is 10.5 Å². The van der Waals surface area contributed by atoms with Crippen molar-refractivity contribution in [3.63, 3.8) is 0 Å². The average Bonchev–Trinajstić information content (AvgIpc) is 2.39. The Kier molecular flexibility index (Phi) is 2.90. The molecule has 0 aromatic heterocycles. The molecule has 3 amide bonds. The summed E-state index contributed by atoms with van der Waals surface area (Å²) in [6, 6.07) is 8.56. The molecule has 18 heavy (non-hydrogen) atoms.